The van der Waals surface area contributed by atoms with Crippen LogP contribution in [-0.2, 0) is 18.2 Å². The molecule has 0 unspecified atom stereocenters. The average molecular weight is 319 g/mol. The van der Waals surface area contributed by atoms with E-state index in [1.54, 1.807) is 22.2 Å². The number of nitrogens with zero attached hydrogens (tertiary/aromatic N) is 2. The summed E-state index contributed by atoms with van der Waals surface area (Å²) in [5.74, 6) is 0.189. The third kappa shape index (κ3) is 3.39. The smallest absolute Gasteiger partial charge is 0.254 e. The normalized spacial score (nSPS) is 19.3. The fourth-order valence-corrected chi connectivity index (χ4v) is 3.65. The number of carbonyl (C=O) groups excluding carboxylic acids is 1. The van der Waals surface area contributed by atoms with Crippen LogP contribution in [0.1, 0.15) is 40.2 Å². The minimum atomic E-state index is -0.0425. The molecular formula is C16H21N3O2S. The highest BCUT2D eigenvalue weighted by Gasteiger charge is 2.27. The molecule has 3 heterocycles. The van der Waals surface area contributed by atoms with E-state index in [-0.39, 0.29) is 17.9 Å². The molecule has 0 saturated carbocycles. The van der Waals surface area contributed by atoms with Gasteiger partial charge in [0.05, 0.1) is 17.9 Å². The van der Waals surface area contributed by atoms with E-state index in [4.69, 9.17) is 4.74 Å². The third-order valence-electron chi connectivity index (χ3n) is 3.88. The second-order valence-corrected chi connectivity index (χ2v) is 6.85. The van der Waals surface area contributed by atoms with Gasteiger partial charge in [0.1, 0.15) is 0 Å². The second kappa shape index (κ2) is 6.62. The number of rotatable bonds is 5. The summed E-state index contributed by atoms with van der Waals surface area (Å²) in [7, 11) is 1.85. The molecule has 2 aromatic rings. The van der Waals surface area contributed by atoms with Crippen molar-refractivity contribution in [3.8, 4) is 0 Å². The molecule has 3 rings (SSSR count). The van der Waals surface area contributed by atoms with Crippen molar-refractivity contribution in [1.82, 2.24) is 15.1 Å². The number of hydrogen-bond acceptors (Lipinski definition) is 4. The monoisotopic (exact) mass is 319 g/mol. The molecule has 2 atom stereocenters. The summed E-state index contributed by atoms with van der Waals surface area (Å²) < 4.78 is 7.14. The summed E-state index contributed by atoms with van der Waals surface area (Å²) in [6.07, 6.45) is 3.59. The van der Waals surface area contributed by atoms with Crippen LogP contribution in [0, 0.1) is 0 Å². The van der Waals surface area contributed by atoms with E-state index >= 15 is 0 Å². The number of hydrogen-bond donors (Lipinski definition) is 1. The summed E-state index contributed by atoms with van der Waals surface area (Å²) in [5, 5.41) is 9.62. The Morgan fingerprint density at radius 2 is 2.50 bits per heavy atom. The minimum absolute atomic E-state index is 0.0425. The Labute approximate surface area is 134 Å². The molecule has 1 aliphatic rings. The Morgan fingerprint density at radius 1 is 1.64 bits per heavy atom. The molecule has 0 radical (unpaired) electrons. The van der Waals surface area contributed by atoms with Crippen molar-refractivity contribution in [2.75, 3.05) is 13.2 Å². The van der Waals surface area contributed by atoms with Crippen molar-refractivity contribution in [3.63, 3.8) is 0 Å². The van der Waals surface area contributed by atoms with E-state index in [2.05, 4.69) is 21.9 Å². The van der Waals surface area contributed by atoms with Crippen molar-refractivity contribution >= 4 is 17.2 Å². The Kier molecular flexibility index (Phi) is 4.59. The summed E-state index contributed by atoms with van der Waals surface area (Å²) >= 11 is 1.72. The van der Waals surface area contributed by atoms with Crippen LogP contribution in [0.5, 0.6) is 0 Å². The lowest BCUT2D eigenvalue weighted by Gasteiger charge is -2.14. The number of aryl methyl sites for hydroxylation is 1. The molecule has 0 aromatic carbocycles. The predicted octanol–water partition coefficient (Wildman–Crippen LogP) is 2.35. The molecule has 0 aliphatic carbocycles. The van der Waals surface area contributed by atoms with Crippen molar-refractivity contribution in [1.29, 1.82) is 0 Å². The van der Waals surface area contributed by atoms with Gasteiger partial charge < -0.3 is 10.1 Å². The number of thiophene rings is 1. The summed E-state index contributed by atoms with van der Waals surface area (Å²) in [6.45, 7) is 3.44. The summed E-state index contributed by atoms with van der Waals surface area (Å²) in [4.78, 5) is 13.9. The number of carbonyl (C=O) groups is 1. The van der Waals surface area contributed by atoms with Crippen LogP contribution in [0.4, 0.5) is 0 Å². The molecule has 1 N–H and O–H groups in total. The summed E-state index contributed by atoms with van der Waals surface area (Å²) in [5.41, 5.74) is 1.54. The number of nitrogens with one attached hydrogen (secondary N) is 1. The fraction of sp³-hybridized carbons (Fsp3) is 0.500. The first-order valence-electron chi connectivity index (χ1n) is 7.58. The zero-order valence-electron chi connectivity index (χ0n) is 12.9. The standard InChI is InChI=1S/C16H21N3O2S/c1-11(8-13-4-3-7-22-13)17-16(20)14-9-19(2)18-15(14)12-5-6-21-10-12/h3-4,7,9,11-12H,5-6,8,10H2,1-2H3,(H,17,20)/t11-,12-/m0/s1. The zero-order valence-corrected chi connectivity index (χ0v) is 13.7. The van der Waals surface area contributed by atoms with Gasteiger partial charge in [0.25, 0.3) is 5.91 Å². The van der Waals surface area contributed by atoms with Crippen LogP contribution in [0.15, 0.2) is 23.7 Å². The van der Waals surface area contributed by atoms with Gasteiger partial charge in [-0.1, -0.05) is 6.07 Å². The highest BCUT2D eigenvalue weighted by Crippen LogP contribution is 2.26. The molecule has 1 fully saturated rings. The molecule has 1 saturated heterocycles. The molecule has 5 nitrogen and oxygen atoms in total. The highest BCUT2D eigenvalue weighted by molar-refractivity contribution is 7.09. The van der Waals surface area contributed by atoms with Gasteiger partial charge in [-0.3, -0.25) is 9.48 Å². The summed E-state index contributed by atoms with van der Waals surface area (Å²) in [6, 6.07) is 4.23. The van der Waals surface area contributed by atoms with Crippen LogP contribution in [0.2, 0.25) is 0 Å². The average Bonchev–Trinajstić information content (AvgIpc) is 3.17. The van der Waals surface area contributed by atoms with Crippen molar-refractivity contribution in [3.05, 3.63) is 39.8 Å². The maximum atomic E-state index is 12.6. The lowest BCUT2D eigenvalue weighted by atomic mass is 10.0. The molecule has 22 heavy (non-hydrogen) atoms. The molecule has 1 aliphatic heterocycles. The largest absolute Gasteiger partial charge is 0.381 e. The van der Waals surface area contributed by atoms with Gasteiger partial charge in [0, 0.05) is 43.1 Å². The van der Waals surface area contributed by atoms with E-state index in [1.165, 1.54) is 4.88 Å². The topological polar surface area (TPSA) is 56.2 Å². The van der Waals surface area contributed by atoms with Crippen LogP contribution in [0.25, 0.3) is 0 Å². The maximum absolute atomic E-state index is 12.6. The molecule has 6 heteroatoms. The van der Waals surface area contributed by atoms with E-state index in [9.17, 15) is 4.79 Å². The SMILES string of the molecule is C[C@@H](Cc1cccs1)NC(=O)c1cn(C)nc1[C@H]1CCOC1. The first-order chi connectivity index (χ1) is 10.6. The van der Waals surface area contributed by atoms with E-state index in [1.807, 2.05) is 20.0 Å². The van der Waals surface area contributed by atoms with Crippen LogP contribution in [-0.4, -0.2) is 34.9 Å². The Balaban J connectivity index is 1.69. The zero-order chi connectivity index (χ0) is 15.5. The number of ether oxygens (including phenoxy) is 1. The second-order valence-electron chi connectivity index (χ2n) is 5.82. The van der Waals surface area contributed by atoms with Gasteiger partial charge in [0.15, 0.2) is 0 Å². The predicted molar refractivity (Wildman–Crippen MR) is 86.3 cm³/mol. The minimum Gasteiger partial charge on any atom is -0.381 e. The number of amides is 1. The van der Waals surface area contributed by atoms with Crippen molar-refractivity contribution in [2.45, 2.75) is 31.7 Å². The Hall–Kier alpha value is -1.66. The lowest BCUT2D eigenvalue weighted by Crippen LogP contribution is -2.34. The third-order valence-corrected chi connectivity index (χ3v) is 4.78. The van der Waals surface area contributed by atoms with Gasteiger partial charge in [-0.2, -0.15) is 5.10 Å². The number of aromatic nitrogens is 2. The van der Waals surface area contributed by atoms with Gasteiger partial charge in [-0.05, 0) is 24.8 Å². The van der Waals surface area contributed by atoms with E-state index < -0.39 is 0 Å². The van der Waals surface area contributed by atoms with Gasteiger partial charge in [0.2, 0.25) is 0 Å². The van der Waals surface area contributed by atoms with Crippen LogP contribution < -0.4 is 5.32 Å². The first kappa shape index (κ1) is 15.2. The van der Waals surface area contributed by atoms with Gasteiger partial charge >= 0.3 is 0 Å². The Bertz CT molecular complexity index is 630. The van der Waals surface area contributed by atoms with E-state index in [0.717, 1.165) is 25.1 Å². The first-order valence-corrected chi connectivity index (χ1v) is 8.46. The molecular weight excluding hydrogens is 298 g/mol. The highest BCUT2D eigenvalue weighted by atomic mass is 32.1. The van der Waals surface area contributed by atoms with Gasteiger partial charge in [-0.15, -0.1) is 11.3 Å². The quantitative estimate of drug-likeness (QED) is 0.920. The van der Waals surface area contributed by atoms with Crippen molar-refractivity contribution in [2.24, 2.45) is 7.05 Å². The molecule has 118 valence electrons. The Morgan fingerprint density at radius 3 is 3.18 bits per heavy atom. The van der Waals surface area contributed by atoms with Crippen LogP contribution >= 0.6 is 11.3 Å². The molecule has 0 spiro atoms. The van der Waals surface area contributed by atoms with Gasteiger partial charge in [-0.25, -0.2) is 0 Å². The lowest BCUT2D eigenvalue weighted by molar-refractivity contribution is 0.0938. The van der Waals surface area contributed by atoms with Crippen molar-refractivity contribution < 1.29 is 9.53 Å². The molecule has 0 bridgehead atoms. The fourth-order valence-electron chi connectivity index (χ4n) is 2.82. The van der Waals surface area contributed by atoms with Crippen LogP contribution in [0.3, 0.4) is 0 Å². The molecule has 1 amide bonds. The van der Waals surface area contributed by atoms with E-state index in [0.29, 0.717) is 12.2 Å². The molecule has 2 aromatic heterocycles. The maximum Gasteiger partial charge on any atom is 0.254 e.